The van der Waals surface area contributed by atoms with Crippen LogP contribution in [0.25, 0.3) is 33.1 Å². The van der Waals surface area contributed by atoms with Crippen molar-refractivity contribution in [2.45, 2.75) is 33.6 Å². The highest BCUT2D eigenvalue weighted by molar-refractivity contribution is 6.31. The van der Waals surface area contributed by atoms with Crippen LogP contribution in [0.15, 0.2) is 47.3 Å². The van der Waals surface area contributed by atoms with Gasteiger partial charge in [-0.25, -0.2) is 0 Å². The normalized spacial score (nSPS) is 13.7. The second-order valence-corrected chi connectivity index (χ2v) is 7.65. The van der Waals surface area contributed by atoms with Gasteiger partial charge in [-0.05, 0) is 49.2 Å². The van der Waals surface area contributed by atoms with Crippen LogP contribution in [0.2, 0.25) is 5.02 Å². The highest BCUT2D eigenvalue weighted by atomic mass is 35.5. The summed E-state index contributed by atoms with van der Waals surface area (Å²) in [6.07, 6.45) is 1.46. The molecule has 154 valence electrons. The monoisotopic (exact) mass is 421 g/mol. The van der Waals surface area contributed by atoms with Crippen LogP contribution < -0.4 is 10.5 Å². The van der Waals surface area contributed by atoms with E-state index >= 15 is 0 Å². The average Bonchev–Trinajstić information content (AvgIpc) is 3.34. The van der Waals surface area contributed by atoms with Crippen molar-refractivity contribution in [1.29, 1.82) is 0 Å². The van der Waals surface area contributed by atoms with E-state index in [1.54, 1.807) is 0 Å². The minimum absolute atomic E-state index is 0.133. The fraction of sp³-hybridized carbons (Fsp3) is 0.250. The van der Waals surface area contributed by atoms with Crippen molar-refractivity contribution in [2.75, 3.05) is 11.4 Å². The van der Waals surface area contributed by atoms with Gasteiger partial charge in [-0.15, -0.1) is 0 Å². The van der Waals surface area contributed by atoms with E-state index in [2.05, 4.69) is 9.97 Å². The lowest BCUT2D eigenvalue weighted by molar-refractivity contribution is -0.117. The van der Waals surface area contributed by atoms with Crippen LogP contribution in [-0.4, -0.2) is 22.4 Å². The standard InChI is InChI=1S/C22H18ClN3O2.C2H6/c1-12-19(13-4-2-5-15(10-13)26-9-3-6-18(26)27)21-20(25-22(12)28)16-11-14(23)7-8-17(16)24-21;1-2/h2,4-5,7-8,10-11,24H,3,6,9H2,1H3,(H,25,28);1-2H3. The Labute approximate surface area is 179 Å². The molecule has 0 aliphatic carbocycles. The Kier molecular flexibility index (Phi) is 5.39. The number of carbonyl (C=O) groups is 1. The first kappa shape index (κ1) is 20.2. The Morgan fingerprint density at radius 3 is 2.53 bits per heavy atom. The molecule has 3 heterocycles. The Bertz CT molecular complexity index is 1320. The molecule has 0 bridgehead atoms. The molecule has 1 aliphatic rings. The quantitative estimate of drug-likeness (QED) is 0.430. The summed E-state index contributed by atoms with van der Waals surface area (Å²) in [5.74, 6) is 0.144. The molecular formula is C24H24ClN3O2. The maximum absolute atomic E-state index is 12.7. The molecule has 2 aromatic heterocycles. The molecule has 1 fully saturated rings. The van der Waals surface area contributed by atoms with Gasteiger partial charge in [-0.2, -0.15) is 0 Å². The second kappa shape index (κ2) is 8.00. The third-order valence-corrected chi connectivity index (χ3v) is 5.72. The maximum Gasteiger partial charge on any atom is 0.252 e. The van der Waals surface area contributed by atoms with Gasteiger partial charge in [0.2, 0.25) is 5.91 Å². The molecule has 6 heteroatoms. The number of nitrogens with zero attached hydrogens (tertiary/aromatic N) is 1. The van der Waals surface area contributed by atoms with E-state index in [4.69, 9.17) is 11.6 Å². The van der Waals surface area contributed by atoms with Gasteiger partial charge in [0, 0.05) is 45.7 Å². The number of benzene rings is 2. The average molecular weight is 422 g/mol. The van der Waals surface area contributed by atoms with Crippen LogP contribution in [0.3, 0.4) is 0 Å². The van der Waals surface area contributed by atoms with Crippen molar-refractivity contribution in [3.8, 4) is 11.1 Å². The molecule has 0 radical (unpaired) electrons. The summed E-state index contributed by atoms with van der Waals surface area (Å²) in [6.45, 7) is 6.55. The lowest BCUT2D eigenvalue weighted by atomic mass is 9.99. The van der Waals surface area contributed by atoms with E-state index in [1.807, 2.05) is 68.1 Å². The van der Waals surface area contributed by atoms with Gasteiger partial charge in [-0.3, -0.25) is 9.59 Å². The number of rotatable bonds is 2. The Morgan fingerprint density at radius 2 is 1.80 bits per heavy atom. The Hall–Kier alpha value is -3.05. The second-order valence-electron chi connectivity index (χ2n) is 7.22. The predicted molar refractivity (Wildman–Crippen MR) is 125 cm³/mol. The van der Waals surface area contributed by atoms with Crippen molar-refractivity contribution in [2.24, 2.45) is 0 Å². The molecule has 1 amide bonds. The Morgan fingerprint density at radius 1 is 1.00 bits per heavy atom. The largest absolute Gasteiger partial charge is 0.353 e. The van der Waals surface area contributed by atoms with Gasteiger partial charge in [0.05, 0.1) is 11.0 Å². The summed E-state index contributed by atoms with van der Waals surface area (Å²) >= 11 is 6.17. The van der Waals surface area contributed by atoms with Crippen molar-refractivity contribution < 1.29 is 4.79 Å². The van der Waals surface area contributed by atoms with E-state index in [-0.39, 0.29) is 11.5 Å². The van der Waals surface area contributed by atoms with Crippen LogP contribution in [0, 0.1) is 6.92 Å². The number of amides is 1. The van der Waals surface area contributed by atoms with E-state index < -0.39 is 0 Å². The molecule has 0 saturated carbocycles. The number of fused-ring (bicyclic) bond motifs is 3. The van der Waals surface area contributed by atoms with Crippen molar-refractivity contribution in [1.82, 2.24) is 9.97 Å². The minimum atomic E-state index is -0.133. The smallest absolute Gasteiger partial charge is 0.252 e. The van der Waals surface area contributed by atoms with Crippen molar-refractivity contribution in [3.63, 3.8) is 0 Å². The molecular weight excluding hydrogens is 398 g/mol. The molecule has 4 aromatic rings. The zero-order valence-corrected chi connectivity index (χ0v) is 18.1. The van der Waals surface area contributed by atoms with Crippen LogP contribution in [0.5, 0.6) is 0 Å². The third-order valence-electron chi connectivity index (χ3n) is 5.48. The molecule has 1 saturated heterocycles. The topological polar surface area (TPSA) is 69.0 Å². The van der Waals surface area contributed by atoms with E-state index in [0.29, 0.717) is 17.0 Å². The van der Waals surface area contributed by atoms with Crippen molar-refractivity contribution >= 4 is 45.1 Å². The summed E-state index contributed by atoms with van der Waals surface area (Å²) in [5.41, 5.74) is 5.63. The third kappa shape index (κ3) is 3.29. The Balaban J connectivity index is 0.00000106. The first-order valence-electron chi connectivity index (χ1n) is 10.3. The molecule has 5 rings (SSSR count). The van der Waals surface area contributed by atoms with E-state index in [9.17, 15) is 9.59 Å². The number of hydrogen-bond acceptors (Lipinski definition) is 2. The van der Waals surface area contributed by atoms with Crippen LogP contribution >= 0.6 is 11.6 Å². The highest BCUT2D eigenvalue weighted by Gasteiger charge is 2.23. The van der Waals surface area contributed by atoms with Crippen LogP contribution in [0.4, 0.5) is 5.69 Å². The number of carbonyl (C=O) groups excluding carboxylic acids is 1. The first-order valence-corrected chi connectivity index (χ1v) is 10.7. The zero-order chi connectivity index (χ0) is 21.4. The van der Waals surface area contributed by atoms with Crippen LogP contribution in [0.1, 0.15) is 32.3 Å². The SMILES string of the molecule is CC.Cc1c(-c2cccc(N3CCCC3=O)c2)c2[nH]c3ccc(Cl)cc3c2[nH]c1=O. The highest BCUT2D eigenvalue weighted by Crippen LogP contribution is 2.35. The van der Waals surface area contributed by atoms with Gasteiger partial charge in [0.25, 0.3) is 5.56 Å². The number of hydrogen-bond donors (Lipinski definition) is 2. The molecule has 0 unspecified atom stereocenters. The summed E-state index contributed by atoms with van der Waals surface area (Å²) in [4.78, 5) is 33.1. The fourth-order valence-corrected chi connectivity index (χ4v) is 4.27. The number of aromatic amines is 2. The van der Waals surface area contributed by atoms with E-state index in [0.717, 1.165) is 51.7 Å². The molecule has 1 aliphatic heterocycles. The van der Waals surface area contributed by atoms with Gasteiger partial charge in [-0.1, -0.05) is 37.6 Å². The molecule has 0 atom stereocenters. The minimum Gasteiger partial charge on any atom is -0.353 e. The molecule has 2 aromatic carbocycles. The van der Waals surface area contributed by atoms with E-state index in [1.165, 1.54) is 0 Å². The first-order chi connectivity index (χ1) is 14.5. The molecule has 5 nitrogen and oxygen atoms in total. The number of halogens is 1. The number of H-pyrrole nitrogens is 2. The summed E-state index contributed by atoms with van der Waals surface area (Å²) < 4.78 is 0. The summed E-state index contributed by atoms with van der Waals surface area (Å²) in [5, 5.41) is 1.50. The lowest BCUT2D eigenvalue weighted by Gasteiger charge is -2.17. The van der Waals surface area contributed by atoms with Gasteiger partial charge < -0.3 is 14.9 Å². The predicted octanol–water partition coefficient (Wildman–Crippen LogP) is 5.79. The van der Waals surface area contributed by atoms with Crippen molar-refractivity contribution in [3.05, 3.63) is 63.4 Å². The summed E-state index contributed by atoms with van der Waals surface area (Å²) in [6, 6.07) is 13.4. The number of nitrogens with one attached hydrogen (secondary N) is 2. The molecule has 2 N–H and O–H groups in total. The van der Waals surface area contributed by atoms with Gasteiger partial charge in [0.15, 0.2) is 0 Å². The number of anilines is 1. The fourth-order valence-electron chi connectivity index (χ4n) is 4.10. The summed E-state index contributed by atoms with van der Waals surface area (Å²) in [7, 11) is 0. The molecule has 30 heavy (non-hydrogen) atoms. The lowest BCUT2D eigenvalue weighted by Crippen LogP contribution is -2.23. The zero-order valence-electron chi connectivity index (χ0n) is 17.3. The number of pyridine rings is 1. The van der Waals surface area contributed by atoms with Gasteiger partial charge in [0.1, 0.15) is 0 Å². The number of aromatic nitrogens is 2. The van der Waals surface area contributed by atoms with Crippen LogP contribution in [-0.2, 0) is 4.79 Å². The molecule has 0 spiro atoms. The maximum atomic E-state index is 12.7. The van der Waals surface area contributed by atoms with Gasteiger partial charge >= 0.3 is 0 Å².